The van der Waals surface area contributed by atoms with Crippen molar-refractivity contribution >= 4 is 27.6 Å². The predicted octanol–water partition coefficient (Wildman–Crippen LogP) is 2.41. The zero-order valence-electron chi connectivity index (χ0n) is 16.4. The standard InChI is InChI=1S/C20H24N2O5S/c1-14-5-8-17(9-6-14)28(25,26)22(4)12-20(24)27-13-19(23)21-18-10-7-15(2)11-16(18)3/h5-11H,12-13H2,1-4H3,(H,21,23). The van der Waals surface area contributed by atoms with Crippen molar-refractivity contribution in [1.82, 2.24) is 4.31 Å². The Hall–Kier alpha value is -2.71. The number of esters is 1. The molecule has 0 aromatic heterocycles. The fourth-order valence-electron chi connectivity index (χ4n) is 2.49. The van der Waals surface area contributed by atoms with Crippen molar-refractivity contribution < 1.29 is 22.7 Å². The van der Waals surface area contributed by atoms with E-state index in [0.717, 1.165) is 21.0 Å². The van der Waals surface area contributed by atoms with Crippen molar-refractivity contribution in [2.24, 2.45) is 0 Å². The molecule has 0 aliphatic carbocycles. The molecule has 0 saturated heterocycles. The minimum Gasteiger partial charge on any atom is -0.455 e. The van der Waals surface area contributed by atoms with Gasteiger partial charge in [0.05, 0.1) is 4.90 Å². The van der Waals surface area contributed by atoms with Crippen molar-refractivity contribution in [1.29, 1.82) is 0 Å². The molecule has 0 aliphatic heterocycles. The largest absolute Gasteiger partial charge is 0.455 e. The second-order valence-electron chi connectivity index (χ2n) is 6.60. The molecular formula is C20H24N2O5S. The highest BCUT2D eigenvalue weighted by Crippen LogP contribution is 2.16. The van der Waals surface area contributed by atoms with Gasteiger partial charge in [-0.15, -0.1) is 0 Å². The number of likely N-dealkylation sites (N-methyl/N-ethyl adjacent to an activating group) is 1. The zero-order chi connectivity index (χ0) is 20.9. The molecule has 0 fully saturated rings. The van der Waals surface area contributed by atoms with Gasteiger partial charge in [0.2, 0.25) is 10.0 Å². The maximum Gasteiger partial charge on any atom is 0.321 e. The molecule has 2 aromatic carbocycles. The van der Waals surface area contributed by atoms with Crippen LogP contribution in [0, 0.1) is 20.8 Å². The van der Waals surface area contributed by atoms with E-state index in [4.69, 9.17) is 4.74 Å². The average molecular weight is 404 g/mol. The topological polar surface area (TPSA) is 92.8 Å². The summed E-state index contributed by atoms with van der Waals surface area (Å²) >= 11 is 0. The number of ether oxygens (including phenoxy) is 1. The van der Waals surface area contributed by atoms with Crippen LogP contribution in [0.1, 0.15) is 16.7 Å². The van der Waals surface area contributed by atoms with E-state index in [9.17, 15) is 18.0 Å². The van der Waals surface area contributed by atoms with Crippen LogP contribution in [0.25, 0.3) is 0 Å². The maximum atomic E-state index is 12.5. The van der Waals surface area contributed by atoms with Crippen molar-refractivity contribution in [3.05, 3.63) is 59.2 Å². The third kappa shape index (κ3) is 5.64. The third-order valence-corrected chi connectivity index (χ3v) is 5.92. The van der Waals surface area contributed by atoms with E-state index in [0.29, 0.717) is 5.69 Å². The number of carbonyl (C=O) groups excluding carboxylic acids is 2. The number of hydrogen-bond donors (Lipinski definition) is 1. The summed E-state index contributed by atoms with van der Waals surface area (Å²) in [6.07, 6.45) is 0. The van der Waals surface area contributed by atoms with Gasteiger partial charge in [-0.3, -0.25) is 9.59 Å². The maximum absolute atomic E-state index is 12.5. The van der Waals surface area contributed by atoms with Crippen LogP contribution in [0.2, 0.25) is 0 Å². The van der Waals surface area contributed by atoms with Crippen LogP contribution >= 0.6 is 0 Å². The van der Waals surface area contributed by atoms with E-state index in [1.807, 2.05) is 32.9 Å². The number of aryl methyl sites for hydroxylation is 3. The Labute approximate surface area is 165 Å². The Morgan fingerprint density at radius 2 is 1.61 bits per heavy atom. The van der Waals surface area contributed by atoms with E-state index in [-0.39, 0.29) is 4.90 Å². The summed E-state index contributed by atoms with van der Waals surface area (Å²) in [7, 11) is -2.53. The average Bonchev–Trinajstić information content (AvgIpc) is 2.62. The second-order valence-corrected chi connectivity index (χ2v) is 8.65. The van der Waals surface area contributed by atoms with Crippen molar-refractivity contribution in [2.75, 3.05) is 25.5 Å². The first-order chi connectivity index (χ1) is 13.1. The van der Waals surface area contributed by atoms with Gasteiger partial charge in [0, 0.05) is 12.7 Å². The van der Waals surface area contributed by atoms with Crippen LogP contribution in [-0.4, -0.2) is 44.8 Å². The molecule has 8 heteroatoms. The lowest BCUT2D eigenvalue weighted by Crippen LogP contribution is -2.34. The lowest BCUT2D eigenvalue weighted by molar-refractivity contribution is -0.147. The summed E-state index contributed by atoms with van der Waals surface area (Å²) in [5.74, 6) is -1.31. The van der Waals surface area contributed by atoms with Gasteiger partial charge in [0.25, 0.3) is 5.91 Å². The molecule has 0 unspecified atom stereocenters. The molecule has 2 aromatic rings. The Kier molecular flexibility index (Phi) is 6.93. The number of benzene rings is 2. The van der Waals surface area contributed by atoms with Crippen molar-refractivity contribution in [3.8, 4) is 0 Å². The van der Waals surface area contributed by atoms with Gasteiger partial charge in [0.1, 0.15) is 6.54 Å². The fourth-order valence-corrected chi connectivity index (χ4v) is 3.60. The molecule has 0 aliphatic rings. The van der Waals surface area contributed by atoms with Crippen LogP contribution in [0.3, 0.4) is 0 Å². The van der Waals surface area contributed by atoms with Gasteiger partial charge < -0.3 is 10.1 Å². The first-order valence-corrected chi connectivity index (χ1v) is 10.1. The van der Waals surface area contributed by atoms with Crippen LogP contribution in [0.5, 0.6) is 0 Å². The summed E-state index contributed by atoms with van der Waals surface area (Å²) in [5.41, 5.74) is 3.52. The summed E-state index contributed by atoms with van der Waals surface area (Å²) < 4.78 is 30.7. The number of amides is 1. The van der Waals surface area contributed by atoms with Gasteiger partial charge in [-0.2, -0.15) is 4.31 Å². The van der Waals surface area contributed by atoms with Crippen LogP contribution in [0.4, 0.5) is 5.69 Å². The molecule has 0 bridgehead atoms. The number of rotatable bonds is 7. The van der Waals surface area contributed by atoms with E-state index < -0.39 is 35.1 Å². The molecular weight excluding hydrogens is 380 g/mol. The van der Waals surface area contributed by atoms with Gasteiger partial charge in [-0.05, 0) is 44.5 Å². The quantitative estimate of drug-likeness (QED) is 0.716. The van der Waals surface area contributed by atoms with E-state index >= 15 is 0 Å². The number of sulfonamides is 1. The Balaban J connectivity index is 1.89. The highest BCUT2D eigenvalue weighted by Gasteiger charge is 2.23. The van der Waals surface area contributed by atoms with Crippen LogP contribution in [-0.2, 0) is 24.3 Å². The molecule has 0 saturated carbocycles. The number of nitrogens with one attached hydrogen (secondary N) is 1. The smallest absolute Gasteiger partial charge is 0.321 e. The van der Waals surface area contributed by atoms with Crippen molar-refractivity contribution in [2.45, 2.75) is 25.7 Å². The highest BCUT2D eigenvalue weighted by atomic mass is 32.2. The van der Waals surface area contributed by atoms with Crippen molar-refractivity contribution in [3.63, 3.8) is 0 Å². The Bertz CT molecular complexity index is 969. The van der Waals surface area contributed by atoms with Crippen LogP contribution < -0.4 is 5.32 Å². The highest BCUT2D eigenvalue weighted by molar-refractivity contribution is 7.89. The number of nitrogens with zero attached hydrogens (tertiary/aromatic N) is 1. The molecule has 1 N–H and O–H groups in total. The third-order valence-electron chi connectivity index (χ3n) is 4.10. The monoisotopic (exact) mass is 404 g/mol. The van der Waals surface area contributed by atoms with E-state index in [2.05, 4.69) is 5.32 Å². The van der Waals surface area contributed by atoms with Gasteiger partial charge >= 0.3 is 5.97 Å². The summed E-state index contributed by atoms with van der Waals surface area (Å²) in [4.78, 5) is 24.0. The number of anilines is 1. The molecule has 2 rings (SSSR count). The SMILES string of the molecule is Cc1ccc(S(=O)(=O)N(C)CC(=O)OCC(=O)Nc2ccc(C)cc2C)cc1. The first-order valence-electron chi connectivity index (χ1n) is 8.65. The normalized spacial score (nSPS) is 11.3. The molecule has 0 atom stereocenters. The lowest BCUT2D eigenvalue weighted by Gasteiger charge is -2.16. The summed E-state index contributed by atoms with van der Waals surface area (Å²) in [6, 6.07) is 11.9. The number of hydrogen-bond acceptors (Lipinski definition) is 5. The molecule has 150 valence electrons. The molecule has 1 amide bonds. The van der Waals surface area contributed by atoms with Gasteiger partial charge in [0.15, 0.2) is 6.61 Å². The fraction of sp³-hybridized carbons (Fsp3) is 0.300. The van der Waals surface area contributed by atoms with E-state index in [1.165, 1.54) is 19.2 Å². The molecule has 0 spiro atoms. The van der Waals surface area contributed by atoms with Gasteiger partial charge in [-0.25, -0.2) is 8.42 Å². The Morgan fingerprint density at radius 1 is 1.00 bits per heavy atom. The molecule has 0 heterocycles. The minimum absolute atomic E-state index is 0.0842. The molecule has 28 heavy (non-hydrogen) atoms. The second kappa shape index (κ2) is 8.99. The minimum atomic E-state index is -3.82. The lowest BCUT2D eigenvalue weighted by atomic mass is 10.1. The molecule has 0 radical (unpaired) electrons. The predicted molar refractivity (Wildman–Crippen MR) is 106 cm³/mol. The van der Waals surface area contributed by atoms with Gasteiger partial charge in [-0.1, -0.05) is 35.4 Å². The Morgan fingerprint density at radius 3 is 2.21 bits per heavy atom. The van der Waals surface area contributed by atoms with Crippen LogP contribution in [0.15, 0.2) is 47.4 Å². The number of carbonyl (C=O) groups is 2. The molecule has 7 nitrogen and oxygen atoms in total. The van der Waals surface area contributed by atoms with E-state index in [1.54, 1.807) is 18.2 Å². The summed E-state index contributed by atoms with van der Waals surface area (Å²) in [6.45, 7) is 4.67. The zero-order valence-corrected chi connectivity index (χ0v) is 17.2. The first kappa shape index (κ1) is 21.6. The summed E-state index contributed by atoms with van der Waals surface area (Å²) in [5, 5.41) is 2.66.